The highest BCUT2D eigenvalue weighted by atomic mass is 16.6. The number of hydrogen-bond acceptors (Lipinski definition) is 5. The van der Waals surface area contributed by atoms with Crippen LogP contribution in [-0.4, -0.2) is 45.4 Å². The first-order chi connectivity index (χ1) is 10.1. The highest BCUT2D eigenvalue weighted by Gasteiger charge is 2.43. The van der Waals surface area contributed by atoms with Gasteiger partial charge in [-0.25, -0.2) is 9.59 Å². The Hall–Kier alpha value is -2.05. The Bertz CT molecular complexity index is 568. The number of likely N-dealkylation sites (tertiary alicyclic amines) is 1. The Morgan fingerprint density at radius 2 is 2.00 bits per heavy atom. The van der Waals surface area contributed by atoms with Crippen LogP contribution in [0.15, 0.2) is 4.52 Å². The van der Waals surface area contributed by atoms with Gasteiger partial charge >= 0.3 is 12.1 Å². The number of aliphatic carboxylic acids is 1. The van der Waals surface area contributed by atoms with E-state index in [0.29, 0.717) is 12.2 Å². The van der Waals surface area contributed by atoms with Gasteiger partial charge in [-0.05, 0) is 41.0 Å². The predicted octanol–water partition coefficient (Wildman–Crippen LogP) is 2.47. The number of hydrogen-bond donors (Lipinski definition) is 1. The molecule has 1 amide bonds. The molecule has 7 heteroatoms. The van der Waals surface area contributed by atoms with Crippen LogP contribution >= 0.6 is 0 Å². The van der Waals surface area contributed by atoms with E-state index >= 15 is 0 Å². The lowest BCUT2D eigenvalue weighted by Crippen LogP contribution is -2.43. The van der Waals surface area contributed by atoms with E-state index in [4.69, 9.17) is 9.26 Å². The molecule has 7 nitrogen and oxygen atoms in total. The molecule has 0 saturated carbocycles. The van der Waals surface area contributed by atoms with Crippen LogP contribution in [0.25, 0.3) is 0 Å². The molecule has 1 N–H and O–H groups in total. The maximum Gasteiger partial charge on any atom is 0.411 e. The molecular formula is C15H22N2O5. The van der Waals surface area contributed by atoms with E-state index in [9.17, 15) is 14.7 Å². The summed E-state index contributed by atoms with van der Waals surface area (Å²) in [7, 11) is 0. The summed E-state index contributed by atoms with van der Waals surface area (Å²) in [5.41, 5.74) is 0.955. The molecule has 122 valence electrons. The first-order valence-electron chi connectivity index (χ1n) is 7.25. The summed E-state index contributed by atoms with van der Waals surface area (Å²) in [5, 5.41) is 13.3. The van der Waals surface area contributed by atoms with Crippen LogP contribution in [0.4, 0.5) is 4.79 Å². The molecule has 0 bridgehead atoms. The summed E-state index contributed by atoms with van der Waals surface area (Å²) >= 11 is 0. The minimum atomic E-state index is -1.03. The number of ether oxygens (including phenoxy) is 1. The molecule has 22 heavy (non-hydrogen) atoms. The standard InChI is InChI=1S/C15H22N2O5/c1-8-12(9(2)22-16-8)10-6-11(13(18)19)17(7-10)14(20)21-15(3,4)5/h10-11H,6-7H2,1-5H3,(H,18,19)/t10?,11-/m1/s1. The van der Waals surface area contributed by atoms with Crippen molar-refractivity contribution < 1.29 is 24.0 Å². The number of carbonyl (C=O) groups is 2. The van der Waals surface area contributed by atoms with Crippen molar-refractivity contribution in [3.05, 3.63) is 17.0 Å². The fraction of sp³-hybridized carbons (Fsp3) is 0.667. The lowest BCUT2D eigenvalue weighted by molar-refractivity contribution is -0.142. The van der Waals surface area contributed by atoms with Crippen molar-refractivity contribution in [1.29, 1.82) is 0 Å². The number of aromatic nitrogens is 1. The molecule has 1 aromatic rings. The first-order valence-corrected chi connectivity index (χ1v) is 7.25. The second-order valence-electron chi connectivity index (χ2n) is 6.66. The molecule has 2 heterocycles. The van der Waals surface area contributed by atoms with Gasteiger partial charge in [0.1, 0.15) is 17.4 Å². The maximum absolute atomic E-state index is 12.3. The third kappa shape index (κ3) is 3.23. The van der Waals surface area contributed by atoms with Crippen LogP contribution in [0.3, 0.4) is 0 Å². The number of rotatable bonds is 2. The normalized spacial score (nSPS) is 22.0. The average molecular weight is 310 g/mol. The van der Waals surface area contributed by atoms with Gasteiger partial charge in [-0.1, -0.05) is 5.16 Å². The monoisotopic (exact) mass is 310 g/mol. The molecule has 1 saturated heterocycles. The van der Waals surface area contributed by atoms with Crippen molar-refractivity contribution in [2.75, 3.05) is 6.54 Å². The van der Waals surface area contributed by atoms with E-state index in [1.54, 1.807) is 27.7 Å². The van der Waals surface area contributed by atoms with Crippen LogP contribution in [0.2, 0.25) is 0 Å². The van der Waals surface area contributed by atoms with Crippen molar-refractivity contribution in [2.24, 2.45) is 0 Å². The smallest absolute Gasteiger partial charge is 0.411 e. The van der Waals surface area contributed by atoms with Gasteiger partial charge in [0.2, 0.25) is 0 Å². The van der Waals surface area contributed by atoms with E-state index in [1.165, 1.54) is 4.90 Å². The zero-order valence-corrected chi connectivity index (χ0v) is 13.5. The molecule has 0 spiro atoms. The largest absolute Gasteiger partial charge is 0.480 e. The van der Waals surface area contributed by atoms with Gasteiger partial charge in [0.25, 0.3) is 0 Å². The molecule has 0 aromatic carbocycles. The Morgan fingerprint density at radius 1 is 1.36 bits per heavy atom. The lowest BCUT2D eigenvalue weighted by Gasteiger charge is -2.26. The van der Waals surface area contributed by atoms with Gasteiger partial charge < -0.3 is 14.4 Å². The van der Waals surface area contributed by atoms with E-state index in [-0.39, 0.29) is 12.5 Å². The van der Waals surface area contributed by atoms with E-state index < -0.39 is 23.7 Å². The van der Waals surface area contributed by atoms with Crippen LogP contribution in [-0.2, 0) is 9.53 Å². The number of aryl methyl sites for hydroxylation is 2. The van der Waals surface area contributed by atoms with Crippen LogP contribution in [0.5, 0.6) is 0 Å². The Balaban J connectivity index is 2.24. The number of carbonyl (C=O) groups excluding carboxylic acids is 1. The fourth-order valence-corrected chi connectivity index (χ4v) is 2.87. The van der Waals surface area contributed by atoms with Crippen molar-refractivity contribution >= 4 is 12.1 Å². The number of carboxylic acids is 1. The molecule has 1 aliphatic rings. The topological polar surface area (TPSA) is 92.9 Å². The maximum atomic E-state index is 12.3. The summed E-state index contributed by atoms with van der Waals surface area (Å²) in [4.78, 5) is 25.0. The molecule has 0 radical (unpaired) electrons. The van der Waals surface area contributed by atoms with Crippen LogP contribution in [0.1, 0.15) is 50.1 Å². The summed E-state index contributed by atoms with van der Waals surface area (Å²) in [6.45, 7) is 9.15. The van der Waals surface area contributed by atoms with Gasteiger partial charge in [-0.15, -0.1) is 0 Å². The molecule has 1 aliphatic heterocycles. The summed E-state index contributed by atoms with van der Waals surface area (Å²) in [5.74, 6) is -0.474. The number of amides is 1. The highest BCUT2D eigenvalue weighted by molar-refractivity contribution is 5.81. The second kappa shape index (κ2) is 5.62. The minimum absolute atomic E-state index is 0.111. The lowest BCUT2D eigenvalue weighted by atomic mass is 9.95. The van der Waals surface area contributed by atoms with Crippen molar-refractivity contribution in [2.45, 2.75) is 58.6 Å². The molecule has 2 rings (SSSR count). The molecule has 1 fully saturated rings. The van der Waals surface area contributed by atoms with Crippen LogP contribution < -0.4 is 0 Å². The van der Waals surface area contributed by atoms with Crippen molar-refractivity contribution in [3.8, 4) is 0 Å². The van der Waals surface area contributed by atoms with Crippen molar-refractivity contribution in [3.63, 3.8) is 0 Å². The Kier molecular flexibility index (Phi) is 4.17. The van der Waals surface area contributed by atoms with Gasteiger partial charge in [-0.2, -0.15) is 0 Å². The summed E-state index contributed by atoms with van der Waals surface area (Å²) in [6.07, 6.45) is -0.272. The molecule has 1 unspecified atom stereocenters. The third-order valence-corrected chi connectivity index (χ3v) is 3.71. The number of carboxylic acid groups (broad SMARTS) is 1. The SMILES string of the molecule is Cc1noc(C)c1C1C[C@H](C(=O)O)N(C(=O)OC(C)(C)C)C1. The van der Waals surface area contributed by atoms with Crippen molar-refractivity contribution in [1.82, 2.24) is 10.1 Å². The van der Waals surface area contributed by atoms with Gasteiger partial charge in [0.05, 0.1) is 5.69 Å². The Labute approximate surface area is 129 Å². The Morgan fingerprint density at radius 3 is 2.45 bits per heavy atom. The quantitative estimate of drug-likeness (QED) is 0.902. The zero-order chi connectivity index (χ0) is 16.7. The van der Waals surface area contributed by atoms with E-state index in [0.717, 1.165) is 11.3 Å². The predicted molar refractivity (Wildman–Crippen MR) is 77.7 cm³/mol. The second-order valence-corrected chi connectivity index (χ2v) is 6.66. The van der Waals surface area contributed by atoms with E-state index in [1.807, 2.05) is 6.92 Å². The van der Waals surface area contributed by atoms with E-state index in [2.05, 4.69) is 5.16 Å². The fourth-order valence-electron chi connectivity index (χ4n) is 2.87. The van der Waals surface area contributed by atoms with Gasteiger partial charge in [0, 0.05) is 18.0 Å². The summed E-state index contributed by atoms with van der Waals surface area (Å²) in [6, 6.07) is -0.895. The molecule has 0 aliphatic carbocycles. The van der Waals surface area contributed by atoms with Crippen LogP contribution in [0, 0.1) is 13.8 Å². The van der Waals surface area contributed by atoms with Gasteiger partial charge in [-0.3, -0.25) is 4.90 Å². The first kappa shape index (κ1) is 16.3. The molecular weight excluding hydrogens is 288 g/mol. The zero-order valence-electron chi connectivity index (χ0n) is 13.5. The third-order valence-electron chi connectivity index (χ3n) is 3.71. The summed E-state index contributed by atoms with van der Waals surface area (Å²) < 4.78 is 10.5. The molecule has 2 atom stereocenters. The molecule has 1 aromatic heterocycles. The minimum Gasteiger partial charge on any atom is -0.480 e. The number of nitrogens with zero attached hydrogens (tertiary/aromatic N) is 2. The van der Waals surface area contributed by atoms with Gasteiger partial charge in [0.15, 0.2) is 0 Å². The average Bonchev–Trinajstić information content (AvgIpc) is 2.91. The highest BCUT2D eigenvalue weighted by Crippen LogP contribution is 2.36.